The number of anilines is 1. The molecule has 0 aliphatic rings. The number of pyridine rings is 1. The zero-order valence-corrected chi connectivity index (χ0v) is 15.9. The van der Waals surface area contributed by atoms with Crippen LogP contribution in [0.25, 0.3) is 0 Å². The van der Waals surface area contributed by atoms with Crippen molar-refractivity contribution in [2.45, 2.75) is 24.2 Å². The van der Waals surface area contributed by atoms with Gasteiger partial charge in [0.25, 0.3) is 0 Å². The lowest BCUT2D eigenvalue weighted by Gasteiger charge is -2.30. The highest BCUT2D eigenvalue weighted by molar-refractivity contribution is 5.78. The van der Waals surface area contributed by atoms with Gasteiger partial charge in [0.05, 0.1) is 6.04 Å². The van der Waals surface area contributed by atoms with E-state index in [1.54, 1.807) is 0 Å². The molecule has 0 unspecified atom stereocenters. The molecule has 1 heterocycles. The molecule has 11 heteroatoms. The number of hydrogen-bond donors (Lipinski definition) is 3. The zero-order valence-electron chi connectivity index (χ0n) is 15.9. The van der Waals surface area contributed by atoms with Crippen molar-refractivity contribution >= 4 is 11.7 Å². The first-order valence-electron chi connectivity index (χ1n) is 8.73. The first-order chi connectivity index (χ1) is 13.9. The van der Waals surface area contributed by atoms with Gasteiger partial charge in [-0.25, -0.2) is 9.18 Å². The average molecular weight is 431 g/mol. The number of aromatic nitrogens is 1. The quantitative estimate of drug-likeness (QED) is 0.521. The predicted octanol–water partition coefficient (Wildman–Crippen LogP) is 1.98. The molecule has 0 bridgehead atoms. The normalized spacial score (nSPS) is 14.6. The van der Waals surface area contributed by atoms with Crippen molar-refractivity contribution in [3.05, 3.63) is 54.1 Å². The SMILES string of the molecule is CN(CC(F)(F)F)c1ccnc(C[C@](O)(C(=O)O)[C@@H](N)COc2ccc(F)cc2)c1. The first-order valence-corrected chi connectivity index (χ1v) is 8.73. The number of carboxylic acid groups (broad SMARTS) is 1. The van der Waals surface area contributed by atoms with Crippen molar-refractivity contribution in [1.82, 2.24) is 4.98 Å². The Morgan fingerprint density at radius 2 is 1.90 bits per heavy atom. The van der Waals surface area contributed by atoms with Crippen LogP contribution in [-0.2, 0) is 11.2 Å². The van der Waals surface area contributed by atoms with E-state index in [2.05, 4.69) is 4.98 Å². The fraction of sp³-hybridized carbons (Fsp3) is 0.368. The van der Waals surface area contributed by atoms with Gasteiger partial charge < -0.3 is 25.6 Å². The molecule has 1 aromatic carbocycles. The summed E-state index contributed by atoms with van der Waals surface area (Å²) in [5.41, 5.74) is 3.51. The summed E-state index contributed by atoms with van der Waals surface area (Å²) in [7, 11) is 1.22. The number of nitrogens with zero attached hydrogens (tertiary/aromatic N) is 2. The molecular formula is C19H21F4N3O4. The van der Waals surface area contributed by atoms with Gasteiger partial charge in [-0.1, -0.05) is 0 Å². The topological polar surface area (TPSA) is 109 Å². The molecule has 0 amide bonds. The number of aliphatic hydroxyl groups is 1. The molecule has 7 nitrogen and oxygen atoms in total. The average Bonchev–Trinajstić information content (AvgIpc) is 2.66. The summed E-state index contributed by atoms with van der Waals surface area (Å²) in [4.78, 5) is 16.6. The summed E-state index contributed by atoms with van der Waals surface area (Å²) >= 11 is 0. The molecule has 0 aliphatic heterocycles. The van der Waals surface area contributed by atoms with E-state index in [4.69, 9.17) is 10.5 Å². The standard InChI is InChI=1S/C19H21F4N3O4/c1-26(11-19(21,22)23)14-6-7-25-13(8-14)9-18(29,17(27)28)16(24)10-30-15-4-2-12(20)3-5-15/h2-8,16,29H,9-11,24H2,1H3,(H,27,28)/t16-,18+/m0/s1. The number of aliphatic carboxylic acids is 1. The van der Waals surface area contributed by atoms with E-state index < -0.39 is 49.2 Å². The predicted molar refractivity (Wildman–Crippen MR) is 99.7 cm³/mol. The minimum atomic E-state index is -4.43. The number of benzene rings is 1. The third-order valence-corrected chi connectivity index (χ3v) is 4.33. The Labute approximate surface area is 169 Å². The third kappa shape index (κ3) is 6.29. The van der Waals surface area contributed by atoms with Crippen LogP contribution in [-0.4, -0.2) is 59.2 Å². The van der Waals surface area contributed by atoms with Crippen LogP contribution in [0.3, 0.4) is 0 Å². The summed E-state index contributed by atoms with van der Waals surface area (Å²) in [5.74, 6) is -1.92. The smallest absolute Gasteiger partial charge is 0.405 e. The monoisotopic (exact) mass is 431 g/mol. The molecule has 164 valence electrons. The van der Waals surface area contributed by atoms with E-state index in [9.17, 15) is 32.6 Å². The second-order valence-electron chi connectivity index (χ2n) is 6.75. The molecule has 2 atom stereocenters. The highest BCUT2D eigenvalue weighted by atomic mass is 19.4. The number of ether oxygens (including phenoxy) is 1. The van der Waals surface area contributed by atoms with Gasteiger partial charge in [0.1, 0.15) is 24.7 Å². The molecular weight excluding hydrogens is 410 g/mol. The number of carbonyl (C=O) groups is 1. The molecule has 2 aromatic rings. The zero-order chi connectivity index (χ0) is 22.5. The van der Waals surface area contributed by atoms with E-state index in [-0.39, 0.29) is 17.1 Å². The van der Waals surface area contributed by atoms with Gasteiger partial charge in [-0.05, 0) is 36.4 Å². The minimum absolute atomic E-state index is 0.0312. The Hall–Kier alpha value is -2.92. The van der Waals surface area contributed by atoms with E-state index in [1.807, 2.05) is 0 Å². The van der Waals surface area contributed by atoms with Gasteiger partial charge >= 0.3 is 12.1 Å². The van der Waals surface area contributed by atoms with Crippen LogP contribution >= 0.6 is 0 Å². The van der Waals surface area contributed by atoms with Crippen molar-refractivity contribution in [2.24, 2.45) is 5.73 Å². The lowest BCUT2D eigenvalue weighted by atomic mass is 9.89. The van der Waals surface area contributed by atoms with Gasteiger partial charge in [0, 0.05) is 31.0 Å². The Kier molecular flexibility index (Phi) is 7.21. The number of nitrogens with two attached hydrogens (primary N) is 1. The summed E-state index contributed by atoms with van der Waals surface area (Å²) in [6.07, 6.45) is -3.79. The van der Waals surface area contributed by atoms with Gasteiger partial charge in [-0.3, -0.25) is 4.98 Å². The van der Waals surface area contributed by atoms with Crippen molar-refractivity contribution in [3.8, 4) is 5.75 Å². The van der Waals surface area contributed by atoms with Crippen molar-refractivity contribution in [1.29, 1.82) is 0 Å². The first kappa shape index (κ1) is 23.4. The van der Waals surface area contributed by atoms with Crippen molar-refractivity contribution in [3.63, 3.8) is 0 Å². The van der Waals surface area contributed by atoms with Gasteiger partial charge in [-0.2, -0.15) is 13.2 Å². The Bertz CT molecular complexity index is 864. The maximum Gasteiger partial charge on any atom is 0.405 e. The number of carboxylic acids is 1. The highest BCUT2D eigenvalue weighted by Crippen LogP contribution is 2.24. The summed E-state index contributed by atoms with van der Waals surface area (Å²) in [6, 6.07) is 6.04. The molecule has 2 rings (SSSR count). The van der Waals surface area contributed by atoms with Crippen molar-refractivity contribution in [2.75, 3.05) is 25.1 Å². The fourth-order valence-corrected chi connectivity index (χ4v) is 2.66. The molecule has 1 aromatic heterocycles. The molecule has 30 heavy (non-hydrogen) atoms. The maximum atomic E-state index is 12.9. The summed E-state index contributed by atoms with van der Waals surface area (Å²) in [5, 5.41) is 20.2. The number of halogens is 4. The number of rotatable bonds is 9. The second-order valence-corrected chi connectivity index (χ2v) is 6.75. The number of hydrogen-bond acceptors (Lipinski definition) is 6. The molecule has 0 aliphatic carbocycles. The Morgan fingerprint density at radius 1 is 1.27 bits per heavy atom. The van der Waals surface area contributed by atoms with Crippen LogP contribution < -0.4 is 15.4 Å². The van der Waals surface area contributed by atoms with Crippen molar-refractivity contribution < 1.29 is 37.3 Å². The van der Waals surface area contributed by atoms with E-state index in [0.717, 1.165) is 17.0 Å². The lowest BCUT2D eigenvalue weighted by molar-refractivity contribution is -0.161. The maximum absolute atomic E-state index is 12.9. The van der Waals surface area contributed by atoms with Crippen LogP contribution in [0.15, 0.2) is 42.6 Å². The molecule has 0 saturated carbocycles. The lowest BCUT2D eigenvalue weighted by Crippen LogP contribution is -2.58. The van der Waals surface area contributed by atoms with Gasteiger partial charge in [0.15, 0.2) is 5.60 Å². The molecule has 0 spiro atoms. The van der Waals surface area contributed by atoms with Crippen LogP contribution in [0.5, 0.6) is 5.75 Å². The molecule has 0 radical (unpaired) electrons. The largest absolute Gasteiger partial charge is 0.492 e. The molecule has 4 N–H and O–H groups in total. The third-order valence-electron chi connectivity index (χ3n) is 4.33. The van der Waals surface area contributed by atoms with E-state index in [0.29, 0.717) is 0 Å². The van der Waals surface area contributed by atoms with Crippen LogP contribution in [0.2, 0.25) is 0 Å². The van der Waals surface area contributed by atoms with Crippen LogP contribution in [0.1, 0.15) is 5.69 Å². The van der Waals surface area contributed by atoms with Gasteiger partial charge in [0.2, 0.25) is 0 Å². The Morgan fingerprint density at radius 3 is 2.47 bits per heavy atom. The fourth-order valence-electron chi connectivity index (χ4n) is 2.66. The van der Waals surface area contributed by atoms with Crippen LogP contribution in [0.4, 0.5) is 23.2 Å². The van der Waals surface area contributed by atoms with E-state index in [1.165, 1.54) is 37.5 Å². The highest BCUT2D eigenvalue weighted by Gasteiger charge is 2.43. The molecule has 0 fully saturated rings. The van der Waals surface area contributed by atoms with Gasteiger partial charge in [-0.15, -0.1) is 0 Å². The van der Waals surface area contributed by atoms with E-state index >= 15 is 0 Å². The number of alkyl halides is 3. The second kappa shape index (κ2) is 9.26. The molecule has 0 saturated heterocycles. The summed E-state index contributed by atoms with van der Waals surface area (Å²) in [6.45, 7) is -1.63. The van der Waals surface area contributed by atoms with Crippen LogP contribution in [0, 0.1) is 5.82 Å². The summed E-state index contributed by atoms with van der Waals surface area (Å²) < 4.78 is 56.0. The Balaban J connectivity index is 2.14. The minimum Gasteiger partial charge on any atom is -0.492 e.